The molecule has 0 aliphatic carbocycles. The first-order valence-electron chi connectivity index (χ1n) is 14.5. The van der Waals surface area contributed by atoms with E-state index < -0.39 is 0 Å². The molecule has 0 saturated carbocycles. The highest BCUT2D eigenvalue weighted by molar-refractivity contribution is 7.80. The summed E-state index contributed by atoms with van der Waals surface area (Å²) in [7, 11) is 0. The molecule has 4 nitrogen and oxygen atoms in total. The molecule has 2 aromatic carbocycles. The summed E-state index contributed by atoms with van der Waals surface area (Å²) >= 11 is 5.31. The number of thiocarbonyl (C=S) groups is 1. The maximum absolute atomic E-state index is 12.6. The van der Waals surface area contributed by atoms with E-state index in [2.05, 4.69) is 29.7 Å². The Balaban J connectivity index is 1.46. The third kappa shape index (κ3) is 15.5. The minimum Gasteiger partial charge on any atom is -0.493 e. The summed E-state index contributed by atoms with van der Waals surface area (Å²) in [5.74, 6) is 0.469. The normalized spacial score (nSPS) is 10.7. The standard InChI is InChI=1S/C32H48N2O2S/c1-2-3-4-5-6-7-8-9-10-11-12-13-14-18-25-33-32(37)34-31(35)29-22-19-23-30(27-29)36-26-24-28-20-16-15-17-21-28/h15-17,19-23,27H,2-14,18,24-26H2,1H3,(H2,33,34,35,37). The van der Waals surface area contributed by atoms with E-state index in [0.717, 1.165) is 19.4 Å². The van der Waals surface area contributed by atoms with Crippen molar-refractivity contribution in [2.24, 2.45) is 0 Å². The van der Waals surface area contributed by atoms with Crippen LogP contribution in [0.4, 0.5) is 0 Å². The summed E-state index contributed by atoms with van der Waals surface area (Å²) in [5.41, 5.74) is 1.77. The zero-order valence-corrected chi connectivity index (χ0v) is 23.8. The van der Waals surface area contributed by atoms with E-state index in [1.165, 1.54) is 89.0 Å². The third-order valence-electron chi connectivity index (χ3n) is 6.64. The van der Waals surface area contributed by atoms with Crippen molar-refractivity contribution >= 4 is 23.2 Å². The fourth-order valence-electron chi connectivity index (χ4n) is 4.40. The van der Waals surface area contributed by atoms with Crippen molar-refractivity contribution in [1.29, 1.82) is 0 Å². The van der Waals surface area contributed by atoms with Gasteiger partial charge >= 0.3 is 0 Å². The van der Waals surface area contributed by atoms with Gasteiger partial charge in [0, 0.05) is 18.5 Å². The molecule has 2 rings (SSSR count). The molecular formula is C32H48N2O2S. The number of nitrogens with one attached hydrogen (secondary N) is 2. The van der Waals surface area contributed by atoms with Crippen molar-refractivity contribution < 1.29 is 9.53 Å². The third-order valence-corrected chi connectivity index (χ3v) is 6.89. The highest BCUT2D eigenvalue weighted by atomic mass is 32.1. The summed E-state index contributed by atoms with van der Waals surface area (Å²) < 4.78 is 5.84. The molecule has 0 aliphatic rings. The fourth-order valence-corrected chi connectivity index (χ4v) is 4.59. The van der Waals surface area contributed by atoms with Crippen molar-refractivity contribution in [1.82, 2.24) is 10.6 Å². The molecule has 0 bridgehead atoms. The second kappa shape index (κ2) is 20.6. The molecule has 0 spiro atoms. The molecule has 0 radical (unpaired) electrons. The lowest BCUT2D eigenvalue weighted by atomic mass is 10.0. The van der Waals surface area contributed by atoms with Crippen molar-refractivity contribution in [3.05, 3.63) is 65.7 Å². The Labute approximate surface area is 231 Å². The molecule has 0 heterocycles. The Morgan fingerprint density at radius 2 is 1.35 bits per heavy atom. The van der Waals surface area contributed by atoms with Crippen LogP contribution in [0.5, 0.6) is 5.75 Å². The first-order valence-corrected chi connectivity index (χ1v) is 15.0. The van der Waals surface area contributed by atoms with Crippen LogP contribution in [-0.2, 0) is 6.42 Å². The number of rotatable bonds is 20. The number of hydrogen-bond acceptors (Lipinski definition) is 3. The van der Waals surface area contributed by atoms with Crippen LogP contribution in [0, 0.1) is 0 Å². The Bertz CT molecular complexity index is 872. The van der Waals surface area contributed by atoms with E-state index >= 15 is 0 Å². The lowest BCUT2D eigenvalue weighted by Gasteiger charge is -2.11. The predicted molar refractivity (Wildman–Crippen MR) is 160 cm³/mol. The highest BCUT2D eigenvalue weighted by Gasteiger charge is 2.09. The molecule has 2 N–H and O–H groups in total. The topological polar surface area (TPSA) is 50.4 Å². The van der Waals surface area contributed by atoms with Gasteiger partial charge in [-0.05, 0) is 42.4 Å². The van der Waals surface area contributed by atoms with Crippen molar-refractivity contribution in [2.45, 2.75) is 103 Å². The van der Waals surface area contributed by atoms with Crippen LogP contribution in [0.15, 0.2) is 54.6 Å². The quantitative estimate of drug-likeness (QED) is 0.135. The number of hydrogen-bond donors (Lipinski definition) is 2. The van der Waals surface area contributed by atoms with Gasteiger partial charge in [0.05, 0.1) is 6.61 Å². The van der Waals surface area contributed by atoms with Gasteiger partial charge in [-0.25, -0.2) is 0 Å². The maximum Gasteiger partial charge on any atom is 0.257 e. The maximum atomic E-state index is 12.6. The number of carbonyl (C=O) groups excluding carboxylic acids is 1. The molecule has 2 aromatic rings. The fraction of sp³-hybridized carbons (Fsp3) is 0.562. The lowest BCUT2D eigenvalue weighted by Crippen LogP contribution is -2.39. The first kappa shape index (κ1) is 30.8. The van der Waals surface area contributed by atoms with Crippen LogP contribution in [0.25, 0.3) is 0 Å². The Kier molecular flexibility index (Phi) is 17.2. The number of carbonyl (C=O) groups is 1. The second-order valence-corrected chi connectivity index (χ2v) is 10.3. The molecule has 0 saturated heterocycles. The van der Waals surface area contributed by atoms with Gasteiger partial charge in [-0.15, -0.1) is 0 Å². The van der Waals surface area contributed by atoms with Gasteiger partial charge in [-0.2, -0.15) is 0 Å². The second-order valence-electron chi connectivity index (χ2n) is 9.92. The van der Waals surface area contributed by atoms with E-state index in [9.17, 15) is 4.79 Å². The van der Waals surface area contributed by atoms with E-state index in [0.29, 0.717) is 23.0 Å². The molecule has 0 unspecified atom stereocenters. The van der Waals surface area contributed by atoms with Gasteiger partial charge in [0.1, 0.15) is 5.75 Å². The summed E-state index contributed by atoms with van der Waals surface area (Å²) in [6.45, 7) is 3.63. The summed E-state index contributed by atoms with van der Waals surface area (Å²) in [6, 6.07) is 17.5. The number of unbranched alkanes of at least 4 members (excludes halogenated alkanes) is 13. The van der Waals surface area contributed by atoms with Crippen molar-refractivity contribution in [2.75, 3.05) is 13.2 Å². The van der Waals surface area contributed by atoms with Gasteiger partial charge in [0.2, 0.25) is 0 Å². The van der Waals surface area contributed by atoms with Crippen LogP contribution in [-0.4, -0.2) is 24.2 Å². The molecule has 0 aliphatic heterocycles. The number of ether oxygens (including phenoxy) is 1. The average molecular weight is 525 g/mol. The van der Waals surface area contributed by atoms with Crippen LogP contribution >= 0.6 is 12.2 Å². The monoisotopic (exact) mass is 524 g/mol. The van der Waals surface area contributed by atoms with E-state index in [4.69, 9.17) is 17.0 Å². The summed E-state index contributed by atoms with van der Waals surface area (Å²) in [4.78, 5) is 12.6. The van der Waals surface area contributed by atoms with Gasteiger partial charge in [-0.3, -0.25) is 10.1 Å². The van der Waals surface area contributed by atoms with Gasteiger partial charge in [-0.1, -0.05) is 127 Å². The van der Waals surface area contributed by atoms with E-state index in [1.54, 1.807) is 12.1 Å². The summed E-state index contributed by atoms with van der Waals surface area (Å²) in [5, 5.41) is 6.33. The molecular weight excluding hydrogens is 476 g/mol. The van der Waals surface area contributed by atoms with Crippen LogP contribution in [0.2, 0.25) is 0 Å². The predicted octanol–water partition coefficient (Wildman–Crippen LogP) is 8.39. The number of benzene rings is 2. The zero-order valence-electron chi connectivity index (χ0n) is 22.9. The highest BCUT2D eigenvalue weighted by Crippen LogP contribution is 2.15. The average Bonchev–Trinajstić information content (AvgIpc) is 2.91. The molecule has 37 heavy (non-hydrogen) atoms. The Morgan fingerprint density at radius 3 is 1.97 bits per heavy atom. The Hall–Kier alpha value is -2.40. The minimum absolute atomic E-state index is 0.216. The van der Waals surface area contributed by atoms with E-state index in [1.807, 2.05) is 30.3 Å². The van der Waals surface area contributed by atoms with Crippen LogP contribution in [0.1, 0.15) is 113 Å². The molecule has 0 atom stereocenters. The van der Waals surface area contributed by atoms with Gasteiger partial charge < -0.3 is 10.1 Å². The Morgan fingerprint density at radius 1 is 0.757 bits per heavy atom. The van der Waals surface area contributed by atoms with E-state index in [-0.39, 0.29) is 5.91 Å². The van der Waals surface area contributed by atoms with Gasteiger partial charge in [0.25, 0.3) is 5.91 Å². The van der Waals surface area contributed by atoms with Crippen LogP contribution in [0.3, 0.4) is 0 Å². The molecule has 0 fully saturated rings. The minimum atomic E-state index is -0.216. The number of amides is 1. The molecule has 1 amide bonds. The SMILES string of the molecule is CCCCCCCCCCCCCCCCNC(=S)NC(=O)c1cccc(OCCc2ccccc2)c1. The van der Waals surface area contributed by atoms with Crippen molar-refractivity contribution in [3.63, 3.8) is 0 Å². The largest absolute Gasteiger partial charge is 0.493 e. The molecule has 0 aromatic heterocycles. The van der Waals surface area contributed by atoms with Gasteiger partial charge in [0.15, 0.2) is 5.11 Å². The molecule has 204 valence electrons. The van der Waals surface area contributed by atoms with Crippen molar-refractivity contribution in [3.8, 4) is 5.75 Å². The summed E-state index contributed by atoms with van der Waals surface area (Å²) in [6.07, 6.45) is 19.6. The first-order chi connectivity index (χ1) is 18.2. The smallest absolute Gasteiger partial charge is 0.257 e. The lowest BCUT2D eigenvalue weighted by molar-refractivity contribution is 0.0976. The van der Waals surface area contributed by atoms with Crippen LogP contribution < -0.4 is 15.4 Å². The zero-order chi connectivity index (χ0) is 26.4. The molecule has 5 heteroatoms.